The summed E-state index contributed by atoms with van der Waals surface area (Å²) < 4.78 is 0. The molecule has 0 fully saturated rings. The van der Waals surface area contributed by atoms with E-state index in [2.05, 4.69) is 15.9 Å². The molecule has 0 heterocycles. The molecule has 0 aromatic rings. The summed E-state index contributed by atoms with van der Waals surface area (Å²) in [5, 5.41) is 16.7. The van der Waals surface area contributed by atoms with Crippen LogP contribution in [0.25, 0.3) is 0 Å². The number of carboxylic acids is 2. The number of halogens is 1. The van der Waals surface area contributed by atoms with E-state index in [1.165, 1.54) is 0 Å². The lowest BCUT2D eigenvalue weighted by Crippen LogP contribution is -2.38. The molecule has 0 aliphatic rings. The van der Waals surface area contributed by atoms with Crippen LogP contribution in [0.1, 0.15) is 12.8 Å². The number of hydrogen-bond donors (Lipinski definition) is 3. The fraction of sp³-hybridized carbons (Fsp3) is 0.667. The Bertz CT molecular complexity index is 184. The van der Waals surface area contributed by atoms with Crippen molar-refractivity contribution in [3.8, 4) is 0 Å². The summed E-state index contributed by atoms with van der Waals surface area (Å²) >= 11 is 3.00. The Kier molecular flexibility index (Phi) is 4.84. The summed E-state index contributed by atoms with van der Waals surface area (Å²) in [6, 6.07) is -1.05. The average Bonchev–Trinajstić information content (AvgIpc) is 1.98. The molecular formula is C6H10BrNO4. The van der Waals surface area contributed by atoms with E-state index in [1.807, 2.05) is 0 Å². The molecule has 0 amide bonds. The first kappa shape index (κ1) is 11.4. The lowest BCUT2D eigenvalue weighted by atomic mass is 10.1. The van der Waals surface area contributed by atoms with Crippen LogP contribution >= 0.6 is 15.9 Å². The molecule has 0 aromatic carbocycles. The van der Waals surface area contributed by atoms with E-state index in [-0.39, 0.29) is 12.8 Å². The highest BCUT2D eigenvalue weighted by atomic mass is 79.9. The fourth-order valence-electron chi connectivity index (χ4n) is 0.596. The summed E-state index contributed by atoms with van der Waals surface area (Å²) in [4.78, 5) is 19.9. The maximum absolute atomic E-state index is 10.3. The molecule has 0 aliphatic carbocycles. The topological polar surface area (TPSA) is 101 Å². The largest absolute Gasteiger partial charge is 0.481 e. The molecule has 4 N–H and O–H groups in total. The lowest BCUT2D eigenvalue weighted by Gasteiger charge is -2.12. The Balaban J connectivity index is 3.79. The molecule has 0 bridgehead atoms. The maximum Gasteiger partial charge on any atom is 0.321 e. The van der Waals surface area contributed by atoms with Crippen LogP contribution < -0.4 is 5.73 Å². The molecule has 70 valence electrons. The molecule has 0 aliphatic heterocycles. The quantitative estimate of drug-likeness (QED) is 0.588. The first-order chi connectivity index (χ1) is 5.45. The molecule has 0 rings (SSSR count). The normalized spacial score (nSPS) is 15.2. The SMILES string of the molecule is NC(C(=O)O)C(Br)CCC(=O)O. The van der Waals surface area contributed by atoms with E-state index < -0.39 is 22.8 Å². The van der Waals surface area contributed by atoms with Crippen molar-refractivity contribution in [2.45, 2.75) is 23.7 Å². The van der Waals surface area contributed by atoms with Gasteiger partial charge in [-0.3, -0.25) is 9.59 Å². The Morgan fingerprint density at radius 3 is 2.25 bits per heavy atom. The molecule has 0 spiro atoms. The number of carboxylic acid groups (broad SMARTS) is 2. The minimum Gasteiger partial charge on any atom is -0.481 e. The molecular weight excluding hydrogens is 230 g/mol. The van der Waals surface area contributed by atoms with Gasteiger partial charge in [-0.05, 0) is 6.42 Å². The number of carbonyl (C=O) groups is 2. The summed E-state index contributed by atoms with van der Waals surface area (Å²) in [6.45, 7) is 0. The minimum atomic E-state index is -1.14. The summed E-state index contributed by atoms with van der Waals surface area (Å²) in [5.74, 6) is -2.10. The number of hydrogen-bond acceptors (Lipinski definition) is 3. The number of aliphatic carboxylic acids is 2. The Hall–Kier alpha value is -0.620. The molecule has 5 nitrogen and oxygen atoms in total. The third-order valence-corrected chi connectivity index (χ3v) is 2.34. The van der Waals surface area contributed by atoms with Gasteiger partial charge in [0.2, 0.25) is 0 Å². The van der Waals surface area contributed by atoms with Gasteiger partial charge in [0, 0.05) is 11.2 Å². The Morgan fingerprint density at radius 1 is 1.42 bits per heavy atom. The van der Waals surface area contributed by atoms with Crippen LogP contribution in [-0.2, 0) is 9.59 Å². The molecule has 0 radical (unpaired) electrons. The van der Waals surface area contributed by atoms with Gasteiger partial charge < -0.3 is 15.9 Å². The predicted octanol–water partition coefficient (Wildman–Crippen LogP) is 0.0266. The summed E-state index contributed by atoms with van der Waals surface area (Å²) in [7, 11) is 0. The van der Waals surface area contributed by atoms with Crippen LogP contribution in [0.3, 0.4) is 0 Å². The van der Waals surface area contributed by atoms with Crippen molar-refractivity contribution in [3.05, 3.63) is 0 Å². The Labute approximate surface area is 77.7 Å². The second-order valence-corrected chi connectivity index (χ2v) is 3.49. The minimum absolute atomic E-state index is 0.0864. The van der Waals surface area contributed by atoms with E-state index >= 15 is 0 Å². The van der Waals surface area contributed by atoms with Crippen molar-refractivity contribution >= 4 is 27.9 Å². The van der Waals surface area contributed by atoms with E-state index in [0.29, 0.717) is 0 Å². The summed E-state index contributed by atoms with van der Waals surface area (Å²) in [5.41, 5.74) is 5.21. The first-order valence-electron chi connectivity index (χ1n) is 3.29. The summed E-state index contributed by atoms with van der Waals surface area (Å²) in [6.07, 6.45) is 0.125. The van der Waals surface area contributed by atoms with Crippen molar-refractivity contribution < 1.29 is 19.8 Å². The smallest absolute Gasteiger partial charge is 0.321 e. The van der Waals surface area contributed by atoms with Crippen LogP contribution in [0, 0.1) is 0 Å². The zero-order valence-corrected chi connectivity index (χ0v) is 7.82. The van der Waals surface area contributed by atoms with Crippen LogP contribution in [0.2, 0.25) is 0 Å². The lowest BCUT2D eigenvalue weighted by molar-refractivity contribution is -0.140. The third-order valence-electron chi connectivity index (χ3n) is 1.31. The van der Waals surface area contributed by atoms with Crippen molar-refractivity contribution in [3.63, 3.8) is 0 Å². The van der Waals surface area contributed by atoms with Crippen LogP contribution in [0.4, 0.5) is 0 Å². The van der Waals surface area contributed by atoms with Crippen molar-refractivity contribution in [1.29, 1.82) is 0 Å². The van der Waals surface area contributed by atoms with Gasteiger partial charge in [0.15, 0.2) is 0 Å². The molecule has 6 heteroatoms. The van der Waals surface area contributed by atoms with Crippen LogP contribution in [0.15, 0.2) is 0 Å². The van der Waals surface area contributed by atoms with Gasteiger partial charge >= 0.3 is 11.9 Å². The molecule has 12 heavy (non-hydrogen) atoms. The van der Waals surface area contributed by atoms with E-state index in [1.54, 1.807) is 0 Å². The van der Waals surface area contributed by atoms with E-state index in [9.17, 15) is 9.59 Å². The number of alkyl halides is 1. The monoisotopic (exact) mass is 239 g/mol. The highest BCUT2D eigenvalue weighted by molar-refractivity contribution is 9.09. The van der Waals surface area contributed by atoms with Gasteiger partial charge in [-0.2, -0.15) is 0 Å². The zero-order chi connectivity index (χ0) is 9.72. The fourth-order valence-corrected chi connectivity index (χ4v) is 1.05. The zero-order valence-electron chi connectivity index (χ0n) is 6.24. The van der Waals surface area contributed by atoms with Crippen molar-refractivity contribution in [1.82, 2.24) is 0 Å². The average molecular weight is 240 g/mol. The Morgan fingerprint density at radius 2 is 1.92 bits per heavy atom. The standard InChI is InChI=1S/C6H10BrNO4/c7-3(1-2-4(9)10)5(8)6(11)12/h3,5H,1-2,8H2,(H,9,10)(H,11,12). The van der Waals surface area contributed by atoms with Crippen molar-refractivity contribution in [2.24, 2.45) is 5.73 Å². The highest BCUT2D eigenvalue weighted by Gasteiger charge is 2.21. The van der Waals surface area contributed by atoms with Crippen LogP contribution in [0.5, 0.6) is 0 Å². The second kappa shape index (κ2) is 5.10. The van der Waals surface area contributed by atoms with Gasteiger partial charge in [-0.15, -0.1) is 0 Å². The highest BCUT2D eigenvalue weighted by Crippen LogP contribution is 2.11. The second-order valence-electron chi connectivity index (χ2n) is 2.31. The first-order valence-corrected chi connectivity index (χ1v) is 4.21. The van der Waals surface area contributed by atoms with Gasteiger partial charge in [0.1, 0.15) is 6.04 Å². The number of rotatable bonds is 5. The van der Waals surface area contributed by atoms with E-state index in [4.69, 9.17) is 15.9 Å². The third kappa shape index (κ3) is 4.30. The van der Waals surface area contributed by atoms with Gasteiger partial charge in [-0.1, -0.05) is 15.9 Å². The van der Waals surface area contributed by atoms with Crippen LogP contribution in [-0.4, -0.2) is 33.0 Å². The molecule has 0 saturated heterocycles. The molecule has 2 unspecified atom stereocenters. The van der Waals surface area contributed by atoms with E-state index in [0.717, 1.165) is 0 Å². The molecule has 0 aromatic heterocycles. The van der Waals surface area contributed by atoms with Gasteiger partial charge in [-0.25, -0.2) is 0 Å². The molecule has 2 atom stereocenters. The molecule has 0 saturated carbocycles. The van der Waals surface area contributed by atoms with Gasteiger partial charge in [0.05, 0.1) is 0 Å². The number of nitrogens with two attached hydrogens (primary N) is 1. The van der Waals surface area contributed by atoms with Crippen molar-refractivity contribution in [2.75, 3.05) is 0 Å². The predicted molar refractivity (Wildman–Crippen MR) is 45.2 cm³/mol. The van der Waals surface area contributed by atoms with Gasteiger partial charge in [0.25, 0.3) is 0 Å². The maximum atomic E-state index is 10.3.